The minimum atomic E-state index is 0. The third kappa shape index (κ3) is 7.28. The third-order valence-corrected chi connectivity index (χ3v) is 4.12. The van der Waals surface area contributed by atoms with Gasteiger partial charge in [0.2, 0.25) is 0 Å². The molecule has 0 saturated heterocycles. The fourth-order valence-corrected chi connectivity index (χ4v) is 2.69. The highest BCUT2D eigenvalue weighted by Gasteiger charge is 2.05. The van der Waals surface area contributed by atoms with Crippen LogP contribution in [0.15, 0.2) is 47.5 Å². The van der Waals surface area contributed by atoms with Gasteiger partial charge in [-0.25, -0.2) is 0 Å². The van der Waals surface area contributed by atoms with Gasteiger partial charge in [0.15, 0.2) is 5.96 Å². The first-order valence-electron chi connectivity index (χ1n) is 8.96. The van der Waals surface area contributed by atoms with Gasteiger partial charge in [0.05, 0.1) is 13.7 Å². The molecule has 2 aromatic rings. The fraction of sp³-hybridized carbons (Fsp3) is 0.381. The second kappa shape index (κ2) is 12.4. The molecule has 0 aromatic heterocycles. The highest BCUT2D eigenvalue weighted by Crippen LogP contribution is 2.19. The number of halogens is 1. The van der Waals surface area contributed by atoms with Crippen molar-refractivity contribution in [2.45, 2.75) is 26.8 Å². The van der Waals surface area contributed by atoms with E-state index < -0.39 is 0 Å². The molecule has 2 N–H and O–H groups in total. The van der Waals surface area contributed by atoms with Gasteiger partial charge >= 0.3 is 0 Å². The maximum Gasteiger partial charge on any atom is 0.191 e. The molecule has 0 amide bonds. The molecule has 0 spiro atoms. The molecule has 0 saturated carbocycles. The number of aliphatic imine (C=N–C) groups is 1. The van der Waals surface area contributed by atoms with Gasteiger partial charge in [-0.2, -0.15) is 0 Å². The van der Waals surface area contributed by atoms with E-state index in [0.29, 0.717) is 13.2 Å². The van der Waals surface area contributed by atoms with Crippen LogP contribution in [-0.2, 0) is 13.0 Å². The lowest BCUT2D eigenvalue weighted by Gasteiger charge is -2.14. The molecule has 5 nitrogen and oxygen atoms in total. The minimum Gasteiger partial charge on any atom is -0.496 e. The van der Waals surface area contributed by atoms with Gasteiger partial charge in [-0.05, 0) is 43.5 Å². The molecule has 6 heteroatoms. The van der Waals surface area contributed by atoms with Crippen molar-refractivity contribution in [1.29, 1.82) is 0 Å². The van der Waals surface area contributed by atoms with Gasteiger partial charge in [-0.15, -0.1) is 24.0 Å². The molecule has 0 aliphatic heterocycles. The number of nitrogens with zero attached hydrogens (tertiary/aromatic N) is 1. The van der Waals surface area contributed by atoms with Crippen molar-refractivity contribution in [3.05, 3.63) is 59.2 Å². The van der Waals surface area contributed by atoms with Crippen LogP contribution in [-0.4, -0.2) is 33.3 Å². The van der Waals surface area contributed by atoms with E-state index >= 15 is 0 Å². The van der Waals surface area contributed by atoms with Crippen molar-refractivity contribution in [2.75, 3.05) is 27.3 Å². The number of aryl methyl sites for hydroxylation is 1. The Bertz CT molecular complexity index is 735. The fourth-order valence-electron chi connectivity index (χ4n) is 2.69. The molecule has 0 aliphatic rings. The molecule has 0 atom stereocenters. The van der Waals surface area contributed by atoms with E-state index in [1.54, 1.807) is 14.2 Å². The second-order valence-electron chi connectivity index (χ2n) is 5.95. The third-order valence-electron chi connectivity index (χ3n) is 4.12. The summed E-state index contributed by atoms with van der Waals surface area (Å²) in [6.45, 7) is 6.15. The normalized spacial score (nSPS) is 10.7. The lowest BCUT2D eigenvalue weighted by Crippen LogP contribution is -2.37. The molecule has 2 rings (SSSR count). The van der Waals surface area contributed by atoms with Gasteiger partial charge < -0.3 is 20.1 Å². The van der Waals surface area contributed by atoms with E-state index in [0.717, 1.165) is 41.6 Å². The standard InChI is InChI=1S/C21H29N3O2.HI/c1-5-26-19-9-7-6-8-18(19)15-24-21(22-3)23-13-12-17-11-10-16(2)20(14-17)25-4;/h6-11,14H,5,12-13,15H2,1-4H3,(H2,22,23,24);1H. The van der Waals surface area contributed by atoms with Crippen molar-refractivity contribution in [3.8, 4) is 11.5 Å². The summed E-state index contributed by atoms with van der Waals surface area (Å²) in [4.78, 5) is 4.29. The maximum atomic E-state index is 5.66. The Morgan fingerprint density at radius 1 is 1.07 bits per heavy atom. The lowest BCUT2D eigenvalue weighted by atomic mass is 10.1. The van der Waals surface area contributed by atoms with E-state index in [2.05, 4.69) is 39.9 Å². The summed E-state index contributed by atoms with van der Waals surface area (Å²) in [5.41, 5.74) is 3.49. The first-order valence-corrected chi connectivity index (χ1v) is 8.96. The Morgan fingerprint density at radius 2 is 1.85 bits per heavy atom. The SMILES string of the molecule is CCOc1ccccc1CNC(=NC)NCCc1ccc(C)c(OC)c1.I. The van der Waals surface area contributed by atoms with E-state index in [4.69, 9.17) is 9.47 Å². The van der Waals surface area contributed by atoms with Gasteiger partial charge in [0.25, 0.3) is 0 Å². The largest absolute Gasteiger partial charge is 0.496 e. The number of hydrogen-bond acceptors (Lipinski definition) is 3. The van der Waals surface area contributed by atoms with Gasteiger partial charge in [0, 0.05) is 25.7 Å². The lowest BCUT2D eigenvalue weighted by molar-refractivity contribution is 0.336. The van der Waals surface area contributed by atoms with E-state index in [-0.39, 0.29) is 24.0 Å². The molecule has 0 aliphatic carbocycles. The minimum absolute atomic E-state index is 0. The predicted octanol–water partition coefficient (Wildman–Crippen LogP) is 3.93. The van der Waals surface area contributed by atoms with Crippen LogP contribution < -0.4 is 20.1 Å². The summed E-state index contributed by atoms with van der Waals surface area (Å²) in [7, 11) is 3.48. The molecule has 0 radical (unpaired) electrons. The van der Waals surface area contributed by atoms with Crippen LogP contribution in [0, 0.1) is 6.92 Å². The van der Waals surface area contributed by atoms with E-state index in [1.165, 1.54) is 5.56 Å². The topological polar surface area (TPSA) is 54.9 Å². The number of rotatable bonds is 8. The van der Waals surface area contributed by atoms with Crippen molar-refractivity contribution in [2.24, 2.45) is 4.99 Å². The molecule has 0 fully saturated rings. The summed E-state index contributed by atoms with van der Waals surface area (Å²) in [5, 5.41) is 6.69. The summed E-state index contributed by atoms with van der Waals surface area (Å²) < 4.78 is 11.0. The average Bonchev–Trinajstić information content (AvgIpc) is 2.67. The predicted molar refractivity (Wildman–Crippen MR) is 123 cm³/mol. The maximum absolute atomic E-state index is 5.66. The highest BCUT2D eigenvalue weighted by atomic mass is 127. The number of guanidine groups is 1. The number of benzene rings is 2. The van der Waals surface area contributed by atoms with Gasteiger partial charge in [-0.3, -0.25) is 4.99 Å². The van der Waals surface area contributed by atoms with Crippen LogP contribution in [0.1, 0.15) is 23.6 Å². The molecule has 27 heavy (non-hydrogen) atoms. The van der Waals surface area contributed by atoms with Crippen LogP contribution in [0.25, 0.3) is 0 Å². The quantitative estimate of drug-likeness (QED) is 0.340. The number of nitrogens with one attached hydrogen (secondary N) is 2. The second-order valence-corrected chi connectivity index (χ2v) is 5.95. The Labute approximate surface area is 179 Å². The van der Waals surface area contributed by atoms with Crippen molar-refractivity contribution >= 4 is 29.9 Å². The Hall–Kier alpha value is -1.96. The zero-order valence-electron chi connectivity index (χ0n) is 16.5. The summed E-state index contributed by atoms with van der Waals surface area (Å²) in [6.07, 6.45) is 0.896. The summed E-state index contributed by atoms with van der Waals surface area (Å²) in [6, 6.07) is 14.4. The number of hydrogen-bond donors (Lipinski definition) is 2. The number of methoxy groups -OCH3 is 1. The first kappa shape index (κ1) is 23.1. The first-order chi connectivity index (χ1) is 12.7. The van der Waals surface area contributed by atoms with Crippen LogP contribution in [0.3, 0.4) is 0 Å². The van der Waals surface area contributed by atoms with Gasteiger partial charge in [-0.1, -0.05) is 30.3 Å². The summed E-state index contributed by atoms with van der Waals surface area (Å²) >= 11 is 0. The van der Waals surface area contributed by atoms with Crippen molar-refractivity contribution in [1.82, 2.24) is 10.6 Å². The van der Waals surface area contributed by atoms with E-state index in [9.17, 15) is 0 Å². The van der Waals surface area contributed by atoms with Crippen LogP contribution in [0.2, 0.25) is 0 Å². The molecule has 0 heterocycles. The Balaban J connectivity index is 0.00000364. The van der Waals surface area contributed by atoms with Crippen LogP contribution in [0.5, 0.6) is 11.5 Å². The monoisotopic (exact) mass is 483 g/mol. The molecule has 148 valence electrons. The average molecular weight is 483 g/mol. The van der Waals surface area contributed by atoms with E-state index in [1.807, 2.05) is 32.0 Å². The van der Waals surface area contributed by atoms with Crippen LogP contribution in [0.4, 0.5) is 0 Å². The van der Waals surface area contributed by atoms with Gasteiger partial charge in [0.1, 0.15) is 11.5 Å². The summed E-state index contributed by atoms with van der Waals surface area (Å²) in [5.74, 6) is 2.61. The smallest absolute Gasteiger partial charge is 0.191 e. The highest BCUT2D eigenvalue weighted by molar-refractivity contribution is 14.0. The molecule has 0 bridgehead atoms. The Kier molecular flexibility index (Phi) is 10.6. The Morgan fingerprint density at radius 3 is 2.56 bits per heavy atom. The zero-order valence-corrected chi connectivity index (χ0v) is 18.9. The molecular formula is C21H30IN3O2. The zero-order chi connectivity index (χ0) is 18.8. The van der Waals surface area contributed by atoms with Crippen molar-refractivity contribution < 1.29 is 9.47 Å². The molecular weight excluding hydrogens is 453 g/mol. The van der Waals surface area contributed by atoms with Crippen molar-refractivity contribution in [3.63, 3.8) is 0 Å². The molecule has 0 unspecified atom stereocenters. The number of para-hydroxylation sites is 1. The number of ether oxygens (including phenoxy) is 2. The molecule has 2 aromatic carbocycles. The van der Waals surface area contributed by atoms with Crippen LogP contribution >= 0.6 is 24.0 Å².